The zero-order chi connectivity index (χ0) is 17.3. The molecule has 0 amide bonds. The van der Waals surface area contributed by atoms with Crippen molar-refractivity contribution in [1.29, 1.82) is 0 Å². The fourth-order valence-corrected chi connectivity index (χ4v) is 3.06. The van der Waals surface area contributed by atoms with Crippen molar-refractivity contribution in [3.63, 3.8) is 0 Å². The van der Waals surface area contributed by atoms with Crippen LogP contribution in [0.2, 0.25) is 0 Å². The van der Waals surface area contributed by atoms with Gasteiger partial charge in [-0.05, 0) is 41.7 Å². The number of rotatable bonds is 1. The molecule has 0 radical (unpaired) electrons. The number of carboxylic acids is 1. The van der Waals surface area contributed by atoms with E-state index in [9.17, 15) is 14.7 Å². The van der Waals surface area contributed by atoms with E-state index in [-0.39, 0.29) is 16.8 Å². The topological polar surface area (TPSA) is 54.4 Å². The van der Waals surface area contributed by atoms with E-state index in [0.29, 0.717) is 12.0 Å². The zero-order valence-corrected chi connectivity index (χ0v) is 13.7. The molecule has 0 heterocycles. The van der Waals surface area contributed by atoms with Crippen LogP contribution in [0.5, 0.6) is 0 Å². The molecule has 0 spiro atoms. The Bertz CT molecular complexity index is 895. The molecule has 0 fully saturated rings. The lowest BCUT2D eigenvalue weighted by Gasteiger charge is -2.31. The summed E-state index contributed by atoms with van der Waals surface area (Å²) in [5.41, 5.74) is 3.17. The second-order valence-corrected chi connectivity index (χ2v) is 6.67. The highest BCUT2D eigenvalue weighted by atomic mass is 16.4. The SMILES string of the molecule is CC1(C)CCC(=O)c2cc(C#Cc3ccccc3C(=O)O)ccc21. The maximum Gasteiger partial charge on any atom is 0.336 e. The van der Waals surface area contributed by atoms with E-state index in [4.69, 9.17) is 0 Å². The largest absolute Gasteiger partial charge is 0.478 e. The number of benzene rings is 2. The van der Waals surface area contributed by atoms with Crippen LogP contribution in [-0.2, 0) is 5.41 Å². The predicted molar refractivity (Wildman–Crippen MR) is 92.4 cm³/mol. The molecule has 1 aliphatic rings. The van der Waals surface area contributed by atoms with Crippen LogP contribution >= 0.6 is 0 Å². The number of hydrogen-bond donors (Lipinski definition) is 1. The van der Waals surface area contributed by atoms with Gasteiger partial charge in [0.1, 0.15) is 0 Å². The zero-order valence-electron chi connectivity index (χ0n) is 13.7. The number of Topliss-reactive ketones (excluding diaryl/α,β-unsaturated/α-hetero) is 1. The molecular weight excluding hydrogens is 300 g/mol. The summed E-state index contributed by atoms with van der Waals surface area (Å²) in [6.07, 6.45) is 1.41. The third-order valence-electron chi connectivity index (χ3n) is 4.53. The third kappa shape index (κ3) is 2.96. The van der Waals surface area contributed by atoms with Crippen LogP contribution in [0.15, 0.2) is 42.5 Å². The van der Waals surface area contributed by atoms with Crippen LogP contribution in [0.4, 0.5) is 0 Å². The van der Waals surface area contributed by atoms with Crippen LogP contribution in [0, 0.1) is 11.8 Å². The van der Waals surface area contributed by atoms with Gasteiger partial charge >= 0.3 is 5.97 Å². The molecule has 1 aliphatic carbocycles. The quantitative estimate of drug-likeness (QED) is 0.807. The summed E-state index contributed by atoms with van der Waals surface area (Å²) in [4.78, 5) is 23.4. The van der Waals surface area contributed by atoms with Crippen molar-refractivity contribution >= 4 is 11.8 Å². The summed E-state index contributed by atoms with van der Waals surface area (Å²) < 4.78 is 0. The predicted octanol–water partition coefficient (Wildman–Crippen LogP) is 4.04. The maximum absolute atomic E-state index is 12.2. The minimum Gasteiger partial charge on any atom is -0.478 e. The summed E-state index contributed by atoms with van der Waals surface area (Å²) >= 11 is 0. The van der Waals surface area contributed by atoms with Crippen molar-refractivity contribution in [3.8, 4) is 11.8 Å². The highest BCUT2D eigenvalue weighted by Crippen LogP contribution is 2.36. The van der Waals surface area contributed by atoms with Crippen LogP contribution in [-0.4, -0.2) is 16.9 Å². The molecule has 0 unspecified atom stereocenters. The minimum absolute atomic E-state index is 0.00882. The van der Waals surface area contributed by atoms with Crippen molar-refractivity contribution in [3.05, 3.63) is 70.3 Å². The highest BCUT2D eigenvalue weighted by Gasteiger charge is 2.31. The lowest BCUT2D eigenvalue weighted by atomic mass is 9.72. The van der Waals surface area contributed by atoms with E-state index in [1.807, 2.05) is 18.2 Å². The van der Waals surface area contributed by atoms with E-state index in [1.54, 1.807) is 18.2 Å². The first kappa shape index (κ1) is 16.0. The molecule has 120 valence electrons. The lowest BCUT2D eigenvalue weighted by Crippen LogP contribution is -2.27. The molecule has 3 rings (SSSR count). The molecule has 2 aromatic rings. The van der Waals surface area contributed by atoms with Crippen molar-refractivity contribution < 1.29 is 14.7 Å². The number of hydrogen-bond acceptors (Lipinski definition) is 2. The molecule has 0 saturated carbocycles. The van der Waals surface area contributed by atoms with Gasteiger partial charge in [0.15, 0.2) is 5.78 Å². The van der Waals surface area contributed by atoms with Gasteiger partial charge in [-0.15, -0.1) is 0 Å². The molecule has 1 N–H and O–H groups in total. The fraction of sp³-hybridized carbons (Fsp3) is 0.238. The molecule has 0 atom stereocenters. The Balaban J connectivity index is 2.01. The summed E-state index contributed by atoms with van der Waals surface area (Å²) in [5, 5.41) is 9.20. The van der Waals surface area contributed by atoms with Gasteiger partial charge in [0.05, 0.1) is 5.56 Å². The summed E-state index contributed by atoms with van der Waals surface area (Å²) in [6, 6.07) is 12.3. The second-order valence-electron chi connectivity index (χ2n) is 6.67. The van der Waals surface area contributed by atoms with Crippen LogP contribution in [0.3, 0.4) is 0 Å². The van der Waals surface area contributed by atoms with Crippen LogP contribution < -0.4 is 0 Å². The van der Waals surface area contributed by atoms with Crippen molar-refractivity contribution in [2.45, 2.75) is 32.1 Å². The Morgan fingerprint density at radius 1 is 1.12 bits per heavy atom. The normalized spacial score (nSPS) is 15.2. The number of aromatic carboxylic acids is 1. The Morgan fingerprint density at radius 3 is 2.62 bits per heavy atom. The van der Waals surface area contributed by atoms with Crippen LogP contribution in [0.1, 0.15) is 64.1 Å². The molecule has 0 bridgehead atoms. The van der Waals surface area contributed by atoms with Gasteiger partial charge in [-0.1, -0.05) is 43.9 Å². The first-order chi connectivity index (χ1) is 11.4. The van der Waals surface area contributed by atoms with E-state index >= 15 is 0 Å². The number of fused-ring (bicyclic) bond motifs is 1. The monoisotopic (exact) mass is 318 g/mol. The Kier molecular flexibility index (Phi) is 3.99. The highest BCUT2D eigenvalue weighted by molar-refractivity contribution is 5.99. The molecule has 0 saturated heterocycles. The van der Waals surface area contributed by atoms with Gasteiger partial charge < -0.3 is 5.11 Å². The van der Waals surface area contributed by atoms with E-state index in [0.717, 1.165) is 23.1 Å². The molecule has 24 heavy (non-hydrogen) atoms. The van der Waals surface area contributed by atoms with Crippen molar-refractivity contribution in [2.75, 3.05) is 0 Å². The van der Waals surface area contributed by atoms with Gasteiger partial charge in [-0.2, -0.15) is 0 Å². The number of ketones is 1. The van der Waals surface area contributed by atoms with E-state index in [2.05, 4.69) is 25.7 Å². The number of carboxylic acid groups (broad SMARTS) is 1. The van der Waals surface area contributed by atoms with Crippen molar-refractivity contribution in [2.24, 2.45) is 0 Å². The first-order valence-electron chi connectivity index (χ1n) is 7.90. The fourth-order valence-electron chi connectivity index (χ4n) is 3.06. The Hall–Kier alpha value is -2.86. The Labute approximate surface area is 141 Å². The molecule has 3 heteroatoms. The maximum atomic E-state index is 12.2. The summed E-state index contributed by atoms with van der Waals surface area (Å²) in [6.45, 7) is 4.29. The molecular formula is C21H18O3. The van der Waals surface area contributed by atoms with Crippen LogP contribution in [0.25, 0.3) is 0 Å². The second kappa shape index (κ2) is 5.98. The van der Waals surface area contributed by atoms with E-state index < -0.39 is 5.97 Å². The van der Waals surface area contributed by atoms with Gasteiger partial charge in [-0.25, -0.2) is 4.79 Å². The summed E-state index contributed by atoms with van der Waals surface area (Å²) in [5.74, 6) is 5.05. The molecule has 0 aliphatic heterocycles. The number of carbonyl (C=O) groups excluding carboxylic acids is 1. The molecule has 3 nitrogen and oxygen atoms in total. The molecule has 2 aromatic carbocycles. The Morgan fingerprint density at radius 2 is 1.88 bits per heavy atom. The van der Waals surface area contributed by atoms with E-state index in [1.165, 1.54) is 6.07 Å². The van der Waals surface area contributed by atoms with Gasteiger partial charge in [0.25, 0.3) is 0 Å². The average molecular weight is 318 g/mol. The lowest BCUT2D eigenvalue weighted by molar-refractivity contribution is 0.0696. The van der Waals surface area contributed by atoms with Gasteiger partial charge in [0, 0.05) is 23.1 Å². The van der Waals surface area contributed by atoms with Crippen molar-refractivity contribution in [1.82, 2.24) is 0 Å². The number of carbonyl (C=O) groups is 2. The molecule has 0 aromatic heterocycles. The first-order valence-corrected chi connectivity index (χ1v) is 7.90. The van der Waals surface area contributed by atoms with Gasteiger partial charge in [0.2, 0.25) is 0 Å². The standard InChI is InChI=1S/C21H18O3/c1-21(2)12-11-19(22)17-13-14(8-10-18(17)21)7-9-15-5-3-4-6-16(15)20(23)24/h3-6,8,10,13H,11-12H2,1-2H3,(H,23,24). The van der Waals surface area contributed by atoms with Gasteiger partial charge in [-0.3, -0.25) is 4.79 Å². The minimum atomic E-state index is -0.998. The third-order valence-corrected chi connectivity index (χ3v) is 4.53. The summed E-state index contributed by atoms with van der Waals surface area (Å²) in [7, 11) is 0. The average Bonchev–Trinajstić information content (AvgIpc) is 2.57. The smallest absolute Gasteiger partial charge is 0.336 e.